The van der Waals surface area contributed by atoms with Crippen molar-refractivity contribution in [3.63, 3.8) is 0 Å². The van der Waals surface area contributed by atoms with E-state index in [2.05, 4.69) is 17.3 Å². The summed E-state index contributed by atoms with van der Waals surface area (Å²) in [5.74, 6) is 0. The van der Waals surface area contributed by atoms with Gasteiger partial charge in [-0.2, -0.15) is 0 Å². The molecule has 5 nitrogen and oxygen atoms in total. The first-order valence-electron chi connectivity index (χ1n) is 8.41. The van der Waals surface area contributed by atoms with Crippen molar-refractivity contribution in [2.45, 2.75) is 71.6 Å². The van der Waals surface area contributed by atoms with Crippen molar-refractivity contribution < 1.29 is 9.53 Å². The summed E-state index contributed by atoms with van der Waals surface area (Å²) < 4.78 is 5.54. The summed E-state index contributed by atoms with van der Waals surface area (Å²) in [6.07, 6.45) is 2.22. The molecule has 0 saturated carbocycles. The van der Waals surface area contributed by atoms with Crippen LogP contribution in [0.2, 0.25) is 0 Å². The normalized spacial score (nSPS) is 20.8. The molecule has 1 saturated heterocycles. The van der Waals surface area contributed by atoms with Gasteiger partial charge in [0.2, 0.25) is 0 Å². The maximum Gasteiger partial charge on any atom is 0.410 e. The maximum absolute atomic E-state index is 12.4. The molecule has 0 spiro atoms. The monoisotopic (exact) mass is 313 g/mol. The third-order valence-electron chi connectivity index (χ3n) is 3.82. The maximum atomic E-state index is 12.4. The van der Waals surface area contributed by atoms with Gasteiger partial charge >= 0.3 is 6.09 Å². The lowest BCUT2D eigenvalue weighted by molar-refractivity contribution is 0.00630. The fourth-order valence-electron chi connectivity index (χ4n) is 2.73. The zero-order valence-electron chi connectivity index (χ0n) is 15.5. The predicted molar refractivity (Wildman–Crippen MR) is 91.2 cm³/mol. The number of piperidine rings is 1. The summed E-state index contributed by atoms with van der Waals surface area (Å²) in [4.78, 5) is 16.6. The Bertz CT molecular complexity index is 358. The van der Waals surface area contributed by atoms with E-state index in [-0.39, 0.29) is 11.6 Å². The van der Waals surface area contributed by atoms with E-state index in [0.717, 1.165) is 13.1 Å². The third kappa shape index (κ3) is 6.97. The number of hydrogen-bond donors (Lipinski definition) is 1. The van der Waals surface area contributed by atoms with Crippen LogP contribution in [0.5, 0.6) is 0 Å². The molecule has 130 valence electrons. The van der Waals surface area contributed by atoms with Crippen LogP contribution in [0.15, 0.2) is 0 Å². The standard InChI is InChI=1S/C17H35N3O2/c1-16(2,3)20(15(21)22-17(4,5)6)12-10-18-14-9-8-11-19(7)13-14/h14,18H,8-13H2,1-7H3. The van der Waals surface area contributed by atoms with Crippen LogP contribution in [0.25, 0.3) is 0 Å². The molecule has 0 bridgehead atoms. The number of rotatable bonds is 4. The Kier molecular flexibility index (Phi) is 6.68. The first-order chi connectivity index (χ1) is 9.99. The van der Waals surface area contributed by atoms with E-state index >= 15 is 0 Å². The summed E-state index contributed by atoms with van der Waals surface area (Å²) >= 11 is 0. The number of likely N-dealkylation sites (N-methyl/N-ethyl adjacent to an activating group) is 1. The number of amides is 1. The smallest absolute Gasteiger partial charge is 0.410 e. The minimum absolute atomic E-state index is 0.234. The molecule has 0 aliphatic carbocycles. The van der Waals surface area contributed by atoms with Crippen molar-refractivity contribution >= 4 is 6.09 Å². The second kappa shape index (κ2) is 7.64. The highest BCUT2D eigenvalue weighted by molar-refractivity contribution is 5.69. The number of nitrogens with one attached hydrogen (secondary N) is 1. The Hall–Kier alpha value is -0.810. The van der Waals surface area contributed by atoms with Crippen molar-refractivity contribution in [3.05, 3.63) is 0 Å². The Balaban J connectivity index is 2.50. The van der Waals surface area contributed by atoms with E-state index in [0.29, 0.717) is 12.6 Å². The summed E-state index contributed by atoms with van der Waals surface area (Å²) in [6, 6.07) is 0.527. The number of nitrogens with zero attached hydrogens (tertiary/aromatic N) is 2. The van der Waals surface area contributed by atoms with Gasteiger partial charge in [-0.05, 0) is 68.0 Å². The van der Waals surface area contributed by atoms with Crippen LogP contribution in [0.3, 0.4) is 0 Å². The van der Waals surface area contributed by atoms with Crippen LogP contribution in [0.4, 0.5) is 4.79 Å². The number of carbonyl (C=O) groups excluding carboxylic acids is 1. The van der Waals surface area contributed by atoms with Gasteiger partial charge in [0, 0.05) is 31.2 Å². The molecule has 1 fully saturated rings. The van der Waals surface area contributed by atoms with Crippen LogP contribution < -0.4 is 5.32 Å². The van der Waals surface area contributed by atoms with Gasteiger partial charge in [0.25, 0.3) is 0 Å². The van der Waals surface area contributed by atoms with Gasteiger partial charge in [0.05, 0.1) is 0 Å². The van der Waals surface area contributed by atoms with Gasteiger partial charge < -0.3 is 19.9 Å². The highest BCUT2D eigenvalue weighted by Crippen LogP contribution is 2.18. The predicted octanol–water partition coefficient (Wildman–Crippen LogP) is 2.71. The summed E-state index contributed by atoms with van der Waals surface area (Å²) in [6.45, 7) is 15.6. The Morgan fingerprint density at radius 3 is 2.41 bits per heavy atom. The lowest BCUT2D eigenvalue weighted by Gasteiger charge is -2.37. The first-order valence-corrected chi connectivity index (χ1v) is 8.41. The van der Waals surface area contributed by atoms with Gasteiger partial charge in [-0.1, -0.05) is 0 Å². The highest BCUT2D eigenvalue weighted by Gasteiger charge is 2.30. The third-order valence-corrected chi connectivity index (χ3v) is 3.82. The Labute approximate surface area is 136 Å². The van der Waals surface area contributed by atoms with E-state index in [4.69, 9.17) is 4.74 Å². The van der Waals surface area contributed by atoms with E-state index < -0.39 is 5.60 Å². The summed E-state index contributed by atoms with van der Waals surface area (Å²) in [5, 5.41) is 3.58. The molecule has 5 heteroatoms. The average Bonchev–Trinajstić information content (AvgIpc) is 2.30. The highest BCUT2D eigenvalue weighted by atomic mass is 16.6. The minimum Gasteiger partial charge on any atom is -0.444 e. The molecule has 1 amide bonds. The van der Waals surface area contributed by atoms with E-state index in [1.807, 2.05) is 46.4 Å². The van der Waals surface area contributed by atoms with E-state index in [1.54, 1.807) is 0 Å². The molecule has 0 aromatic carbocycles. The van der Waals surface area contributed by atoms with Gasteiger partial charge in [-0.15, -0.1) is 0 Å². The van der Waals surface area contributed by atoms with Crippen molar-refractivity contribution in [2.75, 3.05) is 33.2 Å². The van der Waals surface area contributed by atoms with Gasteiger partial charge in [-0.25, -0.2) is 4.79 Å². The van der Waals surface area contributed by atoms with Crippen molar-refractivity contribution in [1.82, 2.24) is 15.1 Å². The van der Waals surface area contributed by atoms with Gasteiger partial charge in [0.1, 0.15) is 5.60 Å². The minimum atomic E-state index is -0.458. The largest absolute Gasteiger partial charge is 0.444 e. The van der Waals surface area contributed by atoms with Crippen LogP contribution >= 0.6 is 0 Å². The van der Waals surface area contributed by atoms with Crippen molar-refractivity contribution in [1.29, 1.82) is 0 Å². The number of carbonyl (C=O) groups is 1. The molecule has 1 N–H and O–H groups in total. The SMILES string of the molecule is CN1CCCC(NCCN(C(=O)OC(C)(C)C)C(C)(C)C)C1. The number of likely N-dealkylation sites (tertiary alicyclic amines) is 1. The molecule has 0 aromatic heterocycles. The Morgan fingerprint density at radius 2 is 1.91 bits per heavy atom. The first kappa shape index (κ1) is 19.2. The molecule has 1 aliphatic rings. The van der Waals surface area contributed by atoms with Gasteiger partial charge in [-0.3, -0.25) is 0 Å². The van der Waals surface area contributed by atoms with Crippen LogP contribution in [-0.2, 0) is 4.74 Å². The number of ether oxygens (including phenoxy) is 1. The molecular formula is C17H35N3O2. The van der Waals surface area contributed by atoms with Crippen LogP contribution in [0, 0.1) is 0 Å². The molecular weight excluding hydrogens is 278 g/mol. The number of hydrogen-bond acceptors (Lipinski definition) is 4. The van der Waals surface area contributed by atoms with Gasteiger partial charge in [0.15, 0.2) is 0 Å². The second-order valence-electron chi connectivity index (χ2n) is 8.36. The molecule has 22 heavy (non-hydrogen) atoms. The van der Waals surface area contributed by atoms with Crippen molar-refractivity contribution in [3.8, 4) is 0 Å². The van der Waals surface area contributed by atoms with Crippen molar-refractivity contribution in [2.24, 2.45) is 0 Å². The quantitative estimate of drug-likeness (QED) is 0.867. The lowest BCUT2D eigenvalue weighted by Crippen LogP contribution is -2.52. The average molecular weight is 313 g/mol. The zero-order chi connectivity index (χ0) is 17.0. The fraction of sp³-hybridized carbons (Fsp3) is 0.941. The summed E-state index contributed by atoms with van der Waals surface area (Å²) in [7, 11) is 2.16. The zero-order valence-corrected chi connectivity index (χ0v) is 15.5. The van der Waals surface area contributed by atoms with E-state index in [1.165, 1.54) is 19.4 Å². The second-order valence-corrected chi connectivity index (χ2v) is 8.36. The topological polar surface area (TPSA) is 44.8 Å². The molecule has 1 unspecified atom stereocenters. The fourth-order valence-corrected chi connectivity index (χ4v) is 2.73. The summed E-state index contributed by atoms with van der Waals surface area (Å²) in [5.41, 5.74) is -0.701. The molecule has 1 atom stereocenters. The molecule has 1 heterocycles. The molecule has 0 radical (unpaired) electrons. The van der Waals surface area contributed by atoms with Crippen LogP contribution in [-0.4, -0.2) is 66.3 Å². The molecule has 1 aliphatic heterocycles. The van der Waals surface area contributed by atoms with Crippen LogP contribution in [0.1, 0.15) is 54.4 Å². The lowest BCUT2D eigenvalue weighted by atomic mass is 10.1. The van der Waals surface area contributed by atoms with E-state index in [9.17, 15) is 4.79 Å². The molecule has 0 aromatic rings. The molecule has 1 rings (SSSR count). The Morgan fingerprint density at radius 1 is 1.27 bits per heavy atom.